The van der Waals surface area contributed by atoms with Gasteiger partial charge in [0.2, 0.25) is 5.91 Å². The van der Waals surface area contributed by atoms with Crippen LogP contribution in [0.25, 0.3) is 0 Å². The van der Waals surface area contributed by atoms with Gasteiger partial charge in [-0.15, -0.1) is 0 Å². The first-order valence-electron chi connectivity index (χ1n) is 9.28. The fourth-order valence-electron chi connectivity index (χ4n) is 3.86. The van der Waals surface area contributed by atoms with Crippen LogP contribution in [0.1, 0.15) is 36.4 Å². The molecule has 27 heavy (non-hydrogen) atoms. The molecule has 2 heterocycles. The Kier molecular flexibility index (Phi) is 4.71. The lowest BCUT2D eigenvalue weighted by molar-refractivity contribution is -0.116. The number of rotatable bonds is 3. The monoisotopic (exact) mass is 365 g/mol. The zero-order valence-electron chi connectivity index (χ0n) is 15.3. The van der Waals surface area contributed by atoms with E-state index in [-0.39, 0.29) is 18.0 Å². The van der Waals surface area contributed by atoms with Crippen molar-refractivity contribution in [2.24, 2.45) is 0 Å². The lowest BCUT2D eigenvalue weighted by atomic mass is 10.0. The average Bonchev–Trinajstić information content (AvgIpc) is 3.18. The highest BCUT2D eigenvalue weighted by Gasteiger charge is 2.30. The van der Waals surface area contributed by atoms with E-state index in [1.807, 2.05) is 47.4 Å². The Hall–Kier alpha value is -3.02. The highest BCUT2D eigenvalue weighted by molar-refractivity contribution is 5.95. The van der Waals surface area contributed by atoms with E-state index in [0.717, 1.165) is 47.6 Å². The van der Waals surface area contributed by atoms with Crippen molar-refractivity contribution in [2.45, 2.75) is 31.7 Å². The van der Waals surface area contributed by atoms with E-state index in [4.69, 9.17) is 4.74 Å². The second-order valence-electron chi connectivity index (χ2n) is 6.98. The molecule has 6 heteroatoms. The normalized spacial score (nSPS) is 18.6. The maximum absolute atomic E-state index is 12.9. The molecular formula is C21H23N3O3. The molecule has 0 spiro atoms. The lowest BCUT2D eigenvalue weighted by Gasteiger charge is -2.26. The van der Waals surface area contributed by atoms with Gasteiger partial charge >= 0.3 is 6.03 Å². The molecule has 0 aliphatic carbocycles. The van der Waals surface area contributed by atoms with Crippen LogP contribution in [-0.2, 0) is 11.2 Å². The molecule has 0 bridgehead atoms. The van der Waals surface area contributed by atoms with Crippen molar-refractivity contribution in [3.05, 3.63) is 53.6 Å². The van der Waals surface area contributed by atoms with Gasteiger partial charge in [0.05, 0.1) is 13.2 Å². The molecule has 2 aromatic rings. The van der Waals surface area contributed by atoms with Crippen LogP contribution in [0.2, 0.25) is 0 Å². The second-order valence-corrected chi connectivity index (χ2v) is 6.98. The number of amides is 3. The summed E-state index contributed by atoms with van der Waals surface area (Å²) in [7, 11) is 1.65. The van der Waals surface area contributed by atoms with E-state index < -0.39 is 0 Å². The minimum atomic E-state index is -0.0971. The van der Waals surface area contributed by atoms with Crippen LogP contribution in [0.15, 0.2) is 42.5 Å². The van der Waals surface area contributed by atoms with Gasteiger partial charge in [-0.25, -0.2) is 4.79 Å². The van der Waals surface area contributed by atoms with Crippen LogP contribution in [-0.4, -0.2) is 30.5 Å². The summed E-state index contributed by atoms with van der Waals surface area (Å²) in [5.41, 5.74) is 3.74. The molecular weight excluding hydrogens is 342 g/mol. The number of ether oxygens (including phenoxy) is 1. The minimum absolute atomic E-state index is 0.0393. The van der Waals surface area contributed by atoms with Gasteiger partial charge < -0.3 is 20.3 Å². The highest BCUT2D eigenvalue weighted by Crippen LogP contribution is 2.34. The van der Waals surface area contributed by atoms with E-state index in [2.05, 4.69) is 10.6 Å². The van der Waals surface area contributed by atoms with Crippen molar-refractivity contribution in [1.82, 2.24) is 4.90 Å². The molecule has 0 radical (unpaired) electrons. The third-order valence-corrected chi connectivity index (χ3v) is 5.24. The number of urea groups is 1. The van der Waals surface area contributed by atoms with Crippen molar-refractivity contribution >= 4 is 23.3 Å². The minimum Gasteiger partial charge on any atom is -0.497 e. The fraction of sp³-hybridized carbons (Fsp3) is 0.333. The van der Waals surface area contributed by atoms with E-state index >= 15 is 0 Å². The fourth-order valence-corrected chi connectivity index (χ4v) is 3.86. The van der Waals surface area contributed by atoms with E-state index in [0.29, 0.717) is 12.8 Å². The van der Waals surface area contributed by atoms with Gasteiger partial charge in [0.1, 0.15) is 5.75 Å². The van der Waals surface area contributed by atoms with Crippen LogP contribution in [0.5, 0.6) is 5.75 Å². The number of nitrogens with one attached hydrogen (secondary N) is 2. The quantitative estimate of drug-likeness (QED) is 0.865. The molecule has 3 amide bonds. The SMILES string of the molecule is COc1cccc(C2CCCN2C(=O)Nc2ccc3c(c2)CCC(=O)N3)c1. The van der Waals surface area contributed by atoms with Gasteiger partial charge in [-0.2, -0.15) is 0 Å². The number of nitrogens with zero attached hydrogens (tertiary/aromatic N) is 1. The van der Waals surface area contributed by atoms with Crippen LogP contribution in [0, 0.1) is 0 Å². The van der Waals surface area contributed by atoms with Gasteiger partial charge in [-0.05, 0) is 60.7 Å². The summed E-state index contributed by atoms with van der Waals surface area (Å²) in [5, 5.41) is 5.88. The second kappa shape index (κ2) is 7.31. The number of methoxy groups -OCH3 is 1. The largest absolute Gasteiger partial charge is 0.497 e. The van der Waals surface area contributed by atoms with Crippen LogP contribution < -0.4 is 15.4 Å². The van der Waals surface area contributed by atoms with Crippen molar-refractivity contribution in [3.8, 4) is 5.75 Å². The maximum atomic E-state index is 12.9. The predicted octanol–water partition coefficient (Wildman–Crippen LogP) is 3.95. The zero-order valence-corrected chi connectivity index (χ0v) is 15.3. The Labute approximate surface area is 158 Å². The summed E-state index contributed by atoms with van der Waals surface area (Å²) in [4.78, 5) is 26.3. The number of fused-ring (bicyclic) bond motifs is 1. The first-order valence-corrected chi connectivity index (χ1v) is 9.28. The number of hydrogen-bond acceptors (Lipinski definition) is 3. The molecule has 1 atom stereocenters. The molecule has 2 aliphatic rings. The number of likely N-dealkylation sites (tertiary alicyclic amines) is 1. The molecule has 140 valence electrons. The van der Waals surface area contributed by atoms with Gasteiger partial charge in [0.15, 0.2) is 0 Å². The van der Waals surface area contributed by atoms with Crippen LogP contribution in [0.4, 0.5) is 16.2 Å². The van der Waals surface area contributed by atoms with Crippen LogP contribution >= 0.6 is 0 Å². The van der Waals surface area contributed by atoms with E-state index in [1.54, 1.807) is 7.11 Å². The Balaban J connectivity index is 1.49. The Morgan fingerprint density at radius 1 is 1.22 bits per heavy atom. The first-order chi connectivity index (χ1) is 13.1. The number of benzene rings is 2. The number of hydrogen-bond donors (Lipinski definition) is 2. The van der Waals surface area contributed by atoms with Crippen molar-refractivity contribution in [2.75, 3.05) is 24.3 Å². The lowest BCUT2D eigenvalue weighted by Crippen LogP contribution is -2.34. The molecule has 0 aromatic heterocycles. The van der Waals surface area contributed by atoms with E-state index in [9.17, 15) is 9.59 Å². The summed E-state index contributed by atoms with van der Waals surface area (Å²) in [6.45, 7) is 0.731. The summed E-state index contributed by atoms with van der Waals surface area (Å²) < 4.78 is 5.32. The van der Waals surface area contributed by atoms with Gasteiger partial charge in [-0.1, -0.05) is 12.1 Å². The number of anilines is 2. The number of aryl methyl sites for hydroxylation is 1. The summed E-state index contributed by atoms with van der Waals surface area (Å²) in [5.74, 6) is 0.842. The zero-order chi connectivity index (χ0) is 18.8. The number of carbonyl (C=O) groups is 2. The molecule has 2 N–H and O–H groups in total. The predicted molar refractivity (Wildman–Crippen MR) is 104 cm³/mol. The smallest absolute Gasteiger partial charge is 0.322 e. The summed E-state index contributed by atoms with van der Waals surface area (Å²) >= 11 is 0. The third kappa shape index (κ3) is 3.60. The van der Waals surface area contributed by atoms with Crippen LogP contribution in [0.3, 0.4) is 0 Å². The Morgan fingerprint density at radius 3 is 2.96 bits per heavy atom. The summed E-state index contributed by atoms with van der Waals surface area (Å²) in [6.07, 6.45) is 3.10. The Morgan fingerprint density at radius 2 is 2.11 bits per heavy atom. The van der Waals surface area contributed by atoms with Crippen molar-refractivity contribution < 1.29 is 14.3 Å². The topological polar surface area (TPSA) is 70.7 Å². The van der Waals surface area contributed by atoms with Gasteiger partial charge in [-0.3, -0.25) is 4.79 Å². The molecule has 1 unspecified atom stereocenters. The van der Waals surface area contributed by atoms with Gasteiger partial charge in [0.25, 0.3) is 0 Å². The molecule has 0 saturated carbocycles. The molecule has 1 saturated heterocycles. The molecule has 1 fully saturated rings. The molecule has 4 rings (SSSR count). The molecule has 2 aliphatic heterocycles. The standard InChI is InChI=1S/C21H23N3O3/c1-27-17-5-2-4-15(13-17)19-6-3-11-24(19)21(26)22-16-8-9-18-14(12-16)7-10-20(25)23-18/h2,4-5,8-9,12-13,19H,3,6-7,10-11H2,1H3,(H,22,26)(H,23,25). The Bertz CT molecular complexity index is 881. The third-order valence-electron chi connectivity index (χ3n) is 5.24. The van der Waals surface area contributed by atoms with Crippen molar-refractivity contribution in [1.29, 1.82) is 0 Å². The highest BCUT2D eigenvalue weighted by atomic mass is 16.5. The summed E-state index contributed by atoms with van der Waals surface area (Å²) in [6, 6.07) is 13.5. The van der Waals surface area contributed by atoms with E-state index in [1.165, 1.54) is 0 Å². The number of carbonyl (C=O) groups excluding carboxylic acids is 2. The first kappa shape index (κ1) is 17.4. The average molecular weight is 365 g/mol. The maximum Gasteiger partial charge on any atom is 0.322 e. The van der Waals surface area contributed by atoms with Crippen molar-refractivity contribution in [3.63, 3.8) is 0 Å². The molecule has 6 nitrogen and oxygen atoms in total. The van der Waals surface area contributed by atoms with Gasteiger partial charge in [0, 0.05) is 24.3 Å². The molecule has 2 aromatic carbocycles.